The quantitative estimate of drug-likeness (QED) is 0.883. The number of hydrogen-bond acceptors (Lipinski definition) is 2. The van der Waals surface area contributed by atoms with Gasteiger partial charge in [0.05, 0.1) is 5.56 Å². The average molecular weight is 277 g/mol. The Morgan fingerprint density at radius 2 is 1.65 bits per heavy atom. The second-order valence-corrected chi connectivity index (χ2v) is 4.27. The van der Waals surface area contributed by atoms with Crippen molar-refractivity contribution >= 4 is 5.97 Å². The molecule has 0 saturated carbocycles. The van der Waals surface area contributed by atoms with Gasteiger partial charge in [0.15, 0.2) is 0 Å². The first kappa shape index (κ1) is 14.1. The van der Waals surface area contributed by atoms with Crippen molar-refractivity contribution in [3.8, 4) is 0 Å². The van der Waals surface area contributed by atoms with Gasteiger partial charge in [0.2, 0.25) is 0 Å². The molecule has 0 bridgehead atoms. The van der Waals surface area contributed by atoms with Gasteiger partial charge in [-0.1, -0.05) is 36.4 Å². The van der Waals surface area contributed by atoms with Gasteiger partial charge in [0.25, 0.3) is 0 Å². The van der Waals surface area contributed by atoms with Gasteiger partial charge in [-0.25, -0.2) is 8.78 Å². The number of halogens is 2. The van der Waals surface area contributed by atoms with E-state index in [1.807, 2.05) is 6.07 Å². The molecule has 2 N–H and O–H groups in total. The van der Waals surface area contributed by atoms with Gasteiger partial charge >= 0.3 is 5.97 Å². The number of rotatable bonds is 5. The molecule has 2 aromatic carbocycles. The third kappa shape index (κ3) is 3.19. The highest BCUT2D eigenvalue weighted by atomic mass is 19.1. The molecule has 0 aromatic heterocycles. The Balaban J connectivity index is 2.22. The van der Waals surface area contributed by atoms with Crippen molar-refractivity contribution in [3.05, 3.63) is 71.3 Å². The topological polar surface area (TPSA) is 49.3 Å². The van der Waals surface area contributed by atoms with Crippen LogP contribution >= 0.6 is 0 Å². The number of nitrogens with one attached hydrogen (secondary N) is 1. The molecule has 0 aliphatic rings. The fraction of sp³-hybridized carbons (Fsp3) is 0.133. The lowest BCUT2D eigenvalue weighted by Crippen LogP contribution is -2.29. The molecule has 0 saturated heterocycles. The molecule has 1 atom stereocenters. The van der Waals surface area contributed by atoms with Crippen molar-refractivity contribution in [2.45, 2.75) is 12.6 Å². The lowest BCUT2D eigenvalue weighted by atomic mass is 10.0. The highest BCUT2D eigenvalue weighted by Gasteiger charge is 2.25. The Morgan fingerprint density at radius 1 is 1.05 bits per heavy atom. The minimum Gasteiger partial charge on any atom is -0.480 e. The molecule has 0 amide bonds. The zero-order valence-electron chi connectivity index (χ0n) is 10.5. The molecule has 1 unspecified atom stereocenters. The Hall–Kier alpha value is -2.27. The van der Waals surface area contributed by atoms with E-state index >= 15 is 0 Å². The number of carbonyl (C=O) groups is 1. The van der Waals surface area contributed by atoms with Crippen LogP contribution in [0.1, 0.15) is 17.2 Å². The largest absolute Gasteiger partial charge is 0.480 e. The van der Waals surface area contributed by atoms with E-state index in [1.165, 1.54) is 6.07 Å². The molecule has 104 valence electrons. The van der Waals surface area contributed by atoms with Gasteiger partial charge in [-0.2, -0.15) is 0 Å². The van der Waals surface area contributed by atoms with Crippen LogP contribution < -0.4 is 5.32 Å². The molecule has 0 fully saturated rings. The van der Waals surface area contributed by atoms with Gasteiger partial charge in [-0.05, 0) is 17.7 Å². The van der Waals surface area contributed by atoms with Crippen LogP contribution in [0.15, 0.2) is 48.5 Å². The van der Waals surface area contributed by atoms with Crippen LogP contribution in [-0.2, 0) is 11.3 Å². The normalized spacial score (nSPS) is 12.1. The molecule has 2 rings (SSSR count). The van der Waals surface area contributed by atoms with Crippen LogP contribution in [0.3, 0.4) is 0 Å². The van der Waals surface area contributed by atoms with Gasteiger partial charge in [-0.15, -0.1) is 0 Å². The van der Waals surface area contributed by atoms with E-state index in [0.717, 1.165) is 17.7 Å². The number of aliphatic carboxylic acids is 1. The second-order valence-electron chi connectivity index (χ2n) is 4.27. The van der Waals surface area contributed by atoms with Crippen molar-refractivity contribution in [2.75, 3.05) is 0 Å². The van der Waals surface area contributed by atoms with Crippen LogP contribution in [0, 0.1) is 11.6 Å². The summed E-state index contributed by atoms with van der Waals surface area (Å²) in [5.74, 6) is -3.08. The SMILES string of the molecule is O=C(O)C(NCc1ccccc1)c1c(F)cccc1F. The number of hydrogen-bond donors (Lipinski definition) is 2. The molecule has 0 radical (unpaired) electrons. The van der Waals surface area contributed by atoms with Crippen molar-refractivity contribution in [1.29, 1.82) is 0 Å². The van der Waals surface area contributed by atoms with Gasteiger partial charge in [-0.3, -0.25) is 10.1 Å². The van der Waals surface area contributed by atoms with Crippen LogP contribution in [-0.4, -0.2) is 11.1 Å². The maximum Gasteiger partial charge on any atom is 0.325 e. The fourth-order valence-electron chi connectivity index (χ4n) is 1.92. The van der Waals surface area contributed by atoms with Gasteiger partial charge < -0.3 is 5.11 Å². The van der Waals surface area contributed by atoms with Crippen molar-refractivity contribution < 1.29 is 18.7 Å². The average Bonchev–Trinajstić information content (AvgIpc) is 2.42. The minimum absolute atomic E-state index is 0.200. The molecule has 3 nitrogen and oxygen atoms in total. The lowest BCUT2D eigenvalue weighted by Gasteiger charge is -2.16. The molecule has 2 aromatic rings. The standard InChI is InChI=1S/C15H13F2NO2/c16-11-7-4-8-12(17)13(11)14(15(19)20)18-9-10-5-2-1-3-6-10/h1-8,14,18H,9H2,(H,19,20). The van der Waals surface area contributed by atoms with Crippen LogP contribution in [0.25, 0.3) is 0 Å². The maximum absolute atomic E-state index is 13.6. The van der Waals surface area contributed by atoms with E-state index in [4.69, 9.17) is 5.11 Å². The van der Waals surface area contributed by atoms with Gasteiger partial charge in [0, 0.05) is 6.54 Å². The van der Waals surface area contributed by atoms with Crippen LogP contribution in [0.5, 0.6) is 0 Å². The van der Waals surface area contributed by atoms with Crippen molar-refractivity contribution in [1.82, 2.24) is 5.32 Å². The zero-order valence-corrected chi connectivity index (χ0v) is 10.5. The summed E-state index contributed by atoms with van der Waals surface area (Å²) in [6, 6.07) is 10.9. The van der Waals surface area contributed by atoms with E-state index in [-0.39, 0.29) is 6.54 Å². The second kappa shape index (κ2) is 6.25. The summed E-state index contributed by atoms with van der Waals surface area (Å²) in [6.07, 6.45) is 0. The summed E-state index contributed by atoms with van der Waals surface area (Å²) in [6.45, 7) is 0.200. The van der Waals surface area contributed by atoms with E-state index in [9.17, 15) is 13.6 Å². The number of benzene rings is 2. The highest BCUT2D eigenvalue weighted by Crippen LogP contribution is 2.21. The molecular formula is C15H13F2NO2. The minimum atomic E-state index is -1.43. The fourth-order valence-corrected chi connectivity index (χ4v) is 1.92. The third-order valence-electron chi connectivity index (χ3n) is 2.89. The van der Waals surface area contributed by atoms with Crippen molar-refractivity contribution in [3.63, 3.8) is 0 Å². The monoisotopic (exact) mass is 277 g/mol. The first-order chi connectivity index (χ1) is 9.59. The van der Waals surface area contributed by atoms with Crippen molar-refractivity contribution in [2.24, 2.45) is 0 Å². The molecule has 20 heavy (non-hydrogen) atoms. The summed E-state index contributed by atoms with van der Waals surface area (Å²) in [5.41, 5.74) is 0.353. The van der Waals surface area contributed by atoms with Crippen LogP contribution in [0.4, 0.5) is 8.78 Å². The molecular weight excluding hydrogens is 264 g/mol. The first-order valence-electron chi connectivity index (χ1n) is 6.03. The summed E-state index contributed by atoms with van der Waals surface area (Å²) >= 11 is 0. The number of carboxylic acids is 1. The smallest absolute Gasteiger partial charge is 0.325 e. The molecule has 0 aliphatic heterocycles. The summed E-state index contributed by atoms with van der Waals surface area (Å²) in [4.78, 5) is 11.2. The lowest BCUT2D eigenvalue weighted by molar-refractivity contribution is -0.139. The molecule has 0 heterocycles. The summed E-state index contributed by atoms with van der Waals surface area (Å²) in [7, 11) is 0. The number of carboxylic acid groups (broad SMARTS) is 1. The highest BCUT2D eigenvalue weighted by molar-refractivity contribution is 5.75. The molecule has 0 aliphatic carbocycles. The summed E-state index contributed by atoms with van der Waals surface area (Å²) in [5, 5.41) is 11.8. The van der Waals surface area contributed by atoms with E-state index < -0.39 is 29.2 Å². The Morgan fingerprint density at radius 3 is 2.20 bits per heavy atom. The third-order valence-corrected chi connectivity index (χ3v) is 2.89. The van der Waals surface area contributed by atoms with E-state index in [1.54, 1.807) is 24.3 Å². The van der Waals surface area contributed by atoms with E-state index in [0.29, 0.717) is 0 Å². The first-order valence-corrected chi connectivity index (χ1v) is 6.03. The Kier molecular flexibility index (Phi) is 4.42. The Bertz CT molecular complexity index is 582. The van der Waals surface area contributed by atoms with Crippen LogP contribution in [0.2, 0.25) is 0 Å². The van der Waals surface area contributed by atoms with Gasteiger partial charge in [0.1, 0.15) is 17.7 Å². The maximum atomic E-state index is 13.6. The predicted molar refractivity (Wildman–Crippen MR) is 70.0 cm³/mol. The summed E-state index contributed by atoms with van der Waals surface area (Å²) < 4.78 is 27.3. The molecule has 5 heteroatoms. The Labute approximate surface area is 114 Å². The molecule has 0 spiro atoms. The van der Waals surface area contributed by atoms with E-state index in [2.05, 4.69) is 5.32 Å². The zero-order chi connectivity index (χ0) is 14.5. The predicted octanol–water partition coefficient (Wildman–Crippen LogP) is 2.88.